The fraction of sp³-hybridized carbons (Fsp3) is 0.143. The molecule has 32 heavy (non-hydrogen) atoms. The van der Waals surface area contributed by atoms with Gasteiger partial charge in [0.25, 0.3) is 5.88 Å². The number of aromatic nitrogens is 6. The van der Waals surface area contributed by atoms with Crippen molar-refractivity contribution in [2.24, 2.45) is 0 Å². The number of para-hydroxylation sites is 2. The van der Waals surface area contributed by atoms with Crippen LogP contribution in [-0.2, 0) is 0 Å². The molecule has 2 N–H and O–H groups in total. The summed E-state index contributed by atoms with van der Waals surface area (Å²) in [5.74, 6) is 1.70. The zero-order valence-corrected chi connectivity index (χ0v) is 17.1. The molecule has 162 valence electrons. The van der Waals surface area contributed by atoms with Gasteiger partial charge in [0.05, 0.1) is 7.11 Å². The fourth-order valence-electron chi connectivity index (χ4n) is 2.60. The predicted molar refractivity (Wildman–Crippen MR) is 114 cm³/mol. The Morgan fingerprint density at radius 2 is 1.41 bits per heavy atom. The van der Waals surface area contributed by atoms with E-state index in [0.29, 0.717) is 17.3 Å². The van der Waals surface area contributed by atoms with Crippen molar-refractivity contribution >= 4 is 5.82 Å². The standard InChI is InChI=1S/C21H19N7O4/c1-29-14-6-2-3-7-15(14)32-16-17(22)27-19(18-23-8-4-9-24-18)28-20(16)30-12-13-31-21-25-10-5-11-26-21/h2-11H,12-13H2,1H3,(H2,22,27,28). The number of anilines is 1. The Labute approximate surface area is 183 Å². The van der Waals surface area contributed by atoms with E-state index in [1.807, 2.05) is 6.07 Å². The maximum atomic E-state index is 6.19. The quantitative estimate of drug-likeness (QED) is 0.389. The minimum Gasteiger partial charge on any atom is -0.493 e. The molecule has 0 fully saturated rings. The molecule has 0 aliphatic heterocycles. The van der Waals surface area contributed by atoms with Gasteiger partial charge in [0.2, 0.25) is 11.6 Å². The van der Waals surface area contributed by atoms with Crippen LogP contribution >= 0.6 is 0 Å². The molecule has 0 radical (unpaired) electrons. The molecule has 0 aliphatic carbocycles. The number of rotatable bonds is 9. The lowest BCUT2D eigenvalue weighted by Gasteiger charge is -2.15. The SMILES string of the molecule is COc1ccccc1Oc1c(N)nc(-c2ncccn2)nc1OCCOc1ncccn1. The van der Waals surface area contributed by atoms with Crippen LogP contribution in [0, 0.1) is 0 Å². The second kappa shape index (κ2) is 9.98. The zero-order valence-electron chi connectivity index (χ0n) is 17.1. The Kier molecular flexibility index (Phi) is 6.46. The number of benzene rings is 1. The number of nitrogen functional groups attached to an aromatic ring is 1. The van der Waals surface area contributed by atoms with E-state index in [0.717, 1.165) is 0 Å². The van der Waals surface area contributed by atoms with Crippen LogP contribution in [0.3, 0.4) is 0 Å². The third-order valence-corrected chi connectivity index (χ3v) is 4.00. The van der Waals surface area contributed by atoms with Crippen molar-refractivity contribution in [3.63, 3.8) is 0 Å². The van der Waals surface area contributed by atoms with Crippen LogP contribution in [0.4, 0.5) is 5.82 Å². The molecule has 3 heterocycles. The molecule has 4 aromatic rings. The van der Waals surface area contributed by atoms with Gasteiger partial charge in [0.1, 0.15) is 13.2 Å². The highest BCUT2D eigenvalue weighted by molar-refractivity contribution is 5.60. The number of hydrogen-bond donors (Lipinski definition) is 1. The minimum atomic E-state index is 0.0515. The van der Waals surface area contributed by atoms with Crippen molar-refractivity contribution in [3.8, 4) is 40.8 Å². The minimum absolute atomic E-state index is 0.0515. The lowest BCUT2D eigenvalue weighted by atomic mass is 10.3. The van der Waals surface area contributed by atoms with E-state index in [-0.39, 0.29) is 42.5 Å². The molecule has 0 atom stereocenters. The average Bonchev–Trinajstić information content (AvgIpc) is 2.85. The molecule has 0 saturated heterocycles. The number of hydrogen-bond acceptors (Lipinski definition) is 11. The van der Waals surface area contributed by atoms with E-state index in [1.54, 1.807) is 55.1 Å². The number of methoxy groups -OCH3 is 1. The van der Waals surface area contributed by atoms with E-state index in [1.165, 1.54) is 7.11 Å². The lowest BCUT2D eigenvalue weighted by Crippen LogP contribution is -2.13. The summed E-state index contributed by atoms with van der Waals surface area (Å²) >= 11 is 0. The molecule has 0 saturated carbocycles. The summed E-state index contributed by atoms with van der Waals surface area (Å²) in [7, 11) is 1.54. The van der Waals surface area contributed by atoms with Gasteiger partial charge in [-0.25, -0.2) is 24.9 Å². The molecule has 1 aromatic carbocycles. The van der Waals surface area contributed by atoms with Crippen molar-refractivity contribution in [3.05, 3.63) is 61.2 Å². The van der Waals surface area contributed by atoms with Gasteiger partial charge in [0, 0.05) is 24.8 Å². The highest BCUT2D eigenvalue weighted by atomic mass is 16.6. The van der Waals surface area contributed by atoms with Gasteiger partial charge in [-0.2, -0.15) is 4.98 Å². The molecule has 11 heteroatoms. The zero-order chi connectivity index (χ0) is 22.2. The summed E-state index contributed by atoms with van der Waals surface area (Å²) in [5.41, 5.74) is 6.19. The van der Waals surface area contributed by atoms with Crippen molar-refractivity contribution in [1.82, 2.24) is 29.9 Å². The first-order valence-electron chi connectivity index (χ1n) is 9.53. The smallest absolute Gasteiger partial charge is 0.316 e. The van der Waals surface area contributed by atoms with E-state index in [2.05, 4.69) is 29.9 Å². The van der Waals surface area contributed by atoms with E-state index >= 15 is 0 Å². The normalized spacial score (nSPS) is 10.4. The molecule has 11 nitrogen and oxygen atoms in total. The molecule has 0 amide bonds. The van der Waals surface area contributed by atoms with E-state index in [4.69, 9.17) is 24.7 Å². The summed E-state index contributed by atoms with van der Waals surface area (Å²) < 4.78 is 22.6. The summed E-state index contributed by atoms with van der Waals surface area (Å²) in [6, 6.07) is 10.7. The number of nitrogens with zero attached hydrogens (tertiary/aromatic N) is 6. The predicted octanol–water partition coefficient (Wildman–Crippen LogP) is 2.56. The van der Waals surface area contributed by atoms with Gasteiger partial charge < -0.3 is 24.7 Å². The van der Waals surface area contributed by atoms with Crippen molar-refractivity contribution < 1.29 is 18.9 Å². The second-order valence-corrected chi connectivity index (χ2v) is 6.12. The first-order chi connectivity index (χ1) is 15.7. The molecular formula is C21H19N7O4. The molecular weight excluding hydrogens is 414 g/mol. The molecule has 0 spiro atoms. The second-order valence-electron chi connectivity index (χ2n) is 6.12. The molecule has 0 bridgehead atoms. The number of nitrogens with two attached hydrogens (primary N) is 1. The Bertz CT molecular complexity index is 1160. The molecule has 4 rings (SSSR count). The first-order valence-corrected chi connectivity index (χ1v) is 9.53. The van der Waals surface area contributed by atoms with E-state index < -0.39 is 0 Å². The van der Waals surface area contributed by atoms with Crippen LogP contribution in [-0.4, -0.2) is 50.2 Å². The monoisotopic (exact) mass is 433 g/mol. The van der Waals surface area contributed by atoms with Gasteiger partial charge in [-0.1, -0.05) is 12.1 Å². The van der Waals surface area contributed by atoms with Gasteiger partial charge in [0.15, 0.2) is 23.1 Å². The van der Waals surface area contributed by atoms with Crippen molar-refractivity contribution in [1.29, 1.82) is 0 Å². The maximum Gasteiger partial charge on any atom is 0.316 e. The van der Waals surface area contributed by atoms with E-state index in [9.17, 15) is 0 Å². The topological polar surface area (TPSA) is 140 Å². The Balaban J connectivity index is 1.60. The Morgan fingerprint density at radius 3 is 2.12 bits per heavy atom. The number of ether oxygens (including phenoxy) is 4. The van der Waals surface area contributed by atoms with Gasteiger partial charge >= 0.3 is 6.01 Å². The van der Waals surface area contributed by atoms with Crippen LogP contribution in [0.2, 0.25) is 0 Å². The van der Waals surface area contributed by atoms with Crippen molar-refractivity contribution in [2.75, 3.05) is 26.1 Å². The van der Waals surface area contributed by atoms with Crippen LogP contribution in [0.25, 0.3) is 11.6 Å². The average molecular weight is 433 g/mol. The fourth-order valence-corrected chi connectivity index (χ4v) is 2.60. The van der Waals surface area contributed by atoms with Crippen molar-refractivity contribution in [2.45, 2.75) is 0 Å². The third-order valence-electron chi connectivity index (χ3n) is 4.00. The summed E-state index contributed by atoms with van der Waals surface area (Å²) in [4.78, 5) is 25.0. The summed E-state index contributed by atoms with van der Waals surface area (Å²) in [5, 5.41) is 0. The molecule has 3 aromatic heterocycles. The molecule has 0 unspecified atom stereocenters. The highest BCUT2D eigenvalue weighted by Gasteiger charge is 2.20. The van der Waals surface area contributed by atoms with Crippen LogP contribution < -0.4 is 24.7 Å². The van der Waals surface area contributed by atoms with Gasteiger partial charge in [-0.3, -0.25) is 0 Å². The highest BCUT2D eigenvalue weighted by Crippen LogP contribution is 2.39. The Hall–Kier alpha value is -4.54. The van der Waals surface area contributed by atoms with Crippen LogP contribution in [0.15, 0.2) is 61.2 Å². The lowest BCUT2D eigenvalue weighted by molar-refractivity contribution is 0.197. The van der Waals surface area contributed by atoms with Gasteiger partial charge in [-0.05, 0) is 24.3 Å². The summed E-state index contributed by atoms with van der Waals surface area (Å²) in [6.45, 7) is 0.283. The van der Waals surface area contributed by atoms with Crippen LogP contribution in [0.1, 0.15) is 0 Å². The third kappa shape index (κ3) is 4.95. The first kappa shape index (κ1) is 20.7. The van der Waals surface area contributed by atoms with Crippen LogP contribution in [0.5, 0.6) is 29.1 Å². The molecule has 0 aliphatic rings. The van der Waals surface area contributed by atoms with Gasteiger partial charge in [-0.15, -0.1) is 0 Å². The largest absolute Gasteiger partial charge is 0.493 e. The summed E-state index contributed by atoms with van der Waals surface area (Å²) in [6.07, 6.45) is 6.32. The maximum absolute atomic E-state index is 6.19. The Morgan fingerprint density at radius 1 is 0.750 bits per heavy atom.